The number of ketones is 1. The van der Waals surface area contributed by atoms with Gasteiger partial charge in [-0.1, -0.05) is 67.6 Å². The quantitative estimate of drug-likeness (QED) is 0.834. The van der Waals surface area contributed by atoms with Gasteiger partial charge in [0.2, 0.25) is 0 Å². The van der Waals surface area contributed by atoms with Crippen LogP contribution in [-0.4, -0.2) is 17.0 Å². The monoisotopic (exact) mass is 240 g/mol. The molecule has 2 nitrogen and oxygen atoms in total. The average Bonchev–Trinajstić information content (AvgIpc) is 2.47. The molecule has 0 radical (unpaired) electrons. The fourth-order valence-electron chi connectivity index (χ4n) is 1.94. The molecule has 2 atom stereocenters. The van der Waals surface area contributed by atoms with Crippen molar-refractivity contribution in [1.29, 1.82) is 0 Å². The van der Waals surface area contributed by atoms with Gasteiger partial charge < -0.3 is 5.11 Å². The van der Waals surface area contributed by atoms with Crippen molar-refractivity contribution < 1.29 is 9.90 Å². The van der Waals surface area contributed by atoms with E-state index in [9.17, 15) is 9.90 Å². The molecule has 0 spiro atoms. The van der Waals surface area contributed by atoms with Crippen molar-refractivity contribution in [3.63, 3.8) is 0 Å². The maximum atomic E-state index is 12.1. The molecule has 92 valence electrons. The Balaban J connectivity index is 2.17. The van der Waals surface area contributed by atoms with E-state index in [4.69, 9.17) is 0 Å². The van der Waals surface area contributed by atoms with E-state index in [0.29, 0.717) is 5.56 Å². The topological polar surface area (TPSA) is 37.3 Å². The second-order valence-corrected chi connectivity index (χ2v) is 4.37. The Bertz CT molecular complexity index is 505. The zero-order chi connectivity index (χ0) is 13.0. The van der Waals surface area contributed by atoms with E-state index in [0.717, 1.165) is 5.56 Å². The number of carbonyl (C=O) groups is 1. The van der Waals surface area contributed by atoms with Crippen LogP contribution in [0.15, 0.2) is 60.7 Å². The minimum absolute atomic E-state index is 0.209. The summed E-state index contributed by atoms with van der Waals surface area (Å²) in [5, 5.41) is 10.1. The lowest BCUT2D eigenvalue weighted by atomic mass is 9.90. The van der Waals surface area contributed by atoms with Gasteiger partial charge >= 0.3 is 0 Å². The van der Waals surface area contributed by atoms with Crippen LogP contribution in [0, 0.1) is 0 Å². The summed E-state index contributed by atoms with van der Waals surface area (Å²) >= 11 is 0. The van der Waals surface area contributed by atoms with E-state index in [1.165, 1.54) is 0 Å². The molecule has 0 aromatic heterocycles. The predicted molar refractivity (Wildman–Crippen MR) is 71.6 cm³/mol. The minimum atomic E-state index is -1.00. The smallest absolute Gasteiger partial charge is 0.191 e. The number of benzene rings is 2. The van der Waals surface area contributed by atoms with Crippen molar-refractivity contribution in [2.75, 3.05) is 0 Å². The van der Waals surface area contributed by atoms with Gasteiger partial charge in [-0.25, -0.2) is 0 Å². The van der Waals surface area contributed by atoms with E-state index in [2.05, 4.69) is 0 Å². The summed E-state index contributed by atoms with van der Waals surface area (Å²) in [4.78, 5) is 12.1. The third kappa shape index (κ3) is 2.66. The lowest BCUT2D eigenvalue weighted by Gasteiger charge is -2.18. The van der Waals surface area contributed by atoms with Crippen molar-refractivity contribution in [3.8, 4) is 0 Å². The molecule has 0 saturated carbocycles. The fourth-order valence-corrected chi connectivity index (χ4v) is 1.94. The molecule has 0 heterocycles. The van der Waals surface area contributed by atoms with Gasteiger partial charge in [-0.05, 0) is 5.56 Å². The van der Waals surface area contributed by atoms with E-state index in [-0.39, 0.29) is 11.7 Å². The molecular weight excluding hydrogens is 224 g/mol. The van der Waals surface area contributed by atoms with Gasteiger partial charge in [-0.15, -0.1) is 0 Å². The number of Topliss-reactive ketones (excluding diaryl/α,β-unsaturated/α-hetero) is 1. The summed E-state index contributed by atoms with van der Waals surface area (Å²) < 4.78 is 0. The second-order valence-electron chi connectivity index (χ2n) is 4.37. The first-order valence-corrected chi connectivity index (χ1v) is 6.02. The molecule has 0 aliphatic carbocycles. The van der Waals surface area contributed by atoms with Crippen molar-refractivity contribution >= 4 is 5.78 Å². The van der Waals surface area contributed by atoms with Gasteiger partial charge in [0.05, 0.1) is 0 Å². The van der Waals surface area contributed by atoms with Crippen molar-refractivity contribution in [3.05, 3.63) is 71.8 Å². The van der Waals surface area contributed by atoms with Crippen molar-refractivity contribution in [2.24, 2.45) is 0 Å². The van der Waals surface area contributed by atoms with Crippen LogP contribution in [0.3, 0.4) is 0 Å². The fraction of sp³-hybridized carbons (Fsp3) is 0.188. The van der Waals surface area contributed by atoms with Crippen LogP contribution >= 0.6 is 0 Å². The normalized spacial score (nSPS) is 13.9. The first-order chi connectivity index (χ1) is 8.70. The summed E-state index contributed by atoms with van der Waals surface area (Å²) in [5.74, 6) is -0.439. The van der Waals surface area contributed by atoms with Gasteiger partial charge in [-0.2, -0.15) is 0 Å². The summed E-state index contributed by atoms with van der Waals surface area (Å²) in [5.41, 5.74) is 1.52. The molecule has 2 aromatic rings. The Hall–Kier alpha value is -1.93. The van der Waals surface area contributed by atoms with E-state index >= 15 is 0 Å². The SMILES string of the molecule is C[C@@H](c1ccccc1)[C@@H](O)C(=O)c1ccccc1. The highest BCUT2D eigenvalue weighted by molar-refractivity contribution is 5.99. The number of aliphatic hydroxyl groups excluding tert-OH is 1. The van der Waals surface area contributed by atoms with Gasteiger partial charge in [0.25, 0.3) is 0 Å². The molecule has 0 unspecified atom stereocenters. The van der Waals surface area contributed by atoms with Gasteiger partial charge in [0, 0.05) is 11.5 Å². The van der Waals surface area contributed by atoms with Crippen LogP contribution in [0.25, 0.3) is 0 Å². The Labute approximate surface area is 107 Å². The summed E-state index contributed by atoms with van der Waals surface area (Å²) in [7, 11) is 0. The minimum Gasteiger partial charge on any atom is -0.384 e. The molecule has 18 heavy (non-hydrogen) atoms. The van der Waals surface area contributed by atoms with E-state index in [1.807, 2.05) is 43.3 Å². The first-order valence-electron chi connectivity index (χ1n) is 6.02. The molecule has 0 saturated heterocycles. The number of hydrogen-bond donors (Lipinski definition) is 1. The van der Waals surface area contributed by atoms with Gasteiger partial charge in [0.15, 0.2) is 5.78 Å². The predicted octanol–water partition coefficient (Wildman–Crippen LogP) is 3.03. The highest BCUT2D eigenvalue weighted by Gasteiger charge is 2.24. The van der Waals surface area contributed by atoms with Crippen LogP contribution in [0.2, 0.25) is 0 Å². The molecule has 0 aliphatic rings. The lowest BCUT2D eigenvalue weighted by molar-refractivity contribution is 0.0701. The molecule has 2 heteroatoms. The standard InChI is InChI=1S/C16H16O2/c1-12(13-8-4-2-5-9-13)15(17)16(18)14-10-6-3-7-11-14/h2-12,15,17H,1H3/t12-,15+/m0/s1. The molecule has 2 aromatic carbocycles. The Morgan fingerprint density at radius 1 is 0.944 bits per heavy atom. The van der Waals surface area contributed by atoms with Crippen LogP contribution in [-0.2, 0) is 0 Å². The summed E-state index contributed by atoms with van der Waals surface area (Å²) in [6.45, 7) is 1.86. The number of aliphatic hydroxyl groups is 1. The third-order valence-corrected chi connectivity index (χ3v) is 3.13. The maximum Gasteiger partial charge on any atom is 0.191 e. The first kappa shape index (κ1) is 12.5. The van der Waals surface area contributed by atoms with Gasteiger partial charge in [0.1, 0.15) is 6.10 Å². The highest BCUT2D eigenvalue weighted by atomic mass is 16.3. The Morgan fingerprint density at radius 3 is 2.00 bits per heavy atom. The maximum absolute atomic E-state index is 12.1. The van der Waals surface area contributed by atoms with Crippen molar-refractivity contribution in [2.45, 2.75) is 18.9 Å². The molecule has 0 bridgehead atoms. The average molecular weight is 240 g/mol. The Kier molecular flexibility index (Phi) is 3.90. The molecule has 1 N–H and O–H groups in total. The summed E-state index contributed by atoms with van der Waals surface area (Å²) in [6.07, 6.45) is -1.00. The number of rotatable bonds is 4. The largest absolute Gasteiger partial charge is 0.384 e. The van der Waals surface area contributed by atoms with Crippen LogP contribution in [0.5, 0.6) is 0 Å². The van der Waals surface area contributed by atoms with Gasteiger partial charge in [-0.3, -0.25) is 4.79 Å². The molecule has 0 fully saturated rings. The van der Waals surface area contributed by atoms with E-state index in [1.54, 1.807) is 24.3 Å². The van der Waals surface area contributed by atoms with Crippen LogP contribution in [0.1, 0.15) is 28.8 Å². The lowest BCUT2D eigenvalue weighted by Crippen LogP contribution is -2.26. The van der Waals surface area contributed by atoms with Crippen LogP contribution < -0.4 is 0 Å². The second kappa shape index (κ2) is 5.61. The highest BCUT2D eigenvalue weighted by Crippen LogP contribution is 2.21. The summed E-state index contributed by atoms with van der Waals surface area (Å²) in [6, 6.07) is 18.5. The molecule has 0 aliphatic heterocycles. The van der Waals surface area contributed by atoms with Crippen molar-refractivity contribution in [1.82, 2.24) is 0 Å². The number of hydrogen-bond acceptors (Lipinski definition) is 2. The number of carbonyl (C=O) groups excluding carboxylic acids is 1. The Morgan fingerprint density at radius 2 is 1.44 bits per heavy atom. The third-order valence-electron chi connectivity index (χ3n) is 3.13. The molecule has 2 rings (SSSR count). The zero-order valence-electron chi connectivity index (χ0n) is 10.3. The zero-order valence-corrected chi connectivity index (χ0v) is 10.3. The molecular formula is C16H16O2. The van der Waals surface area contributed by atoms with E-state index < -0.39 is 6.10 Å². The van der Waals surface area contributed by atoms with Crippen LogP contribution in [0.4, 0.5) is 0 Å². The molecule has 0 amide bonds.